The number of nitrogens with zero attached hydrogens (tertiary/aromatic N) is 3. The van der Waals surface area contributed by atoms with Crippen molar-refractivity contribution in [2.24, 2.45) is 4.99 Å². The van der Waals surface area contributed by atoms with Crippen molar-refractivity contribution in [2.75, 3.05) is 23.9 Å². The van der Waals surface area contributed by atoms with E-state index in [4.69, 9.17) is 16.6 Å². The average Bonchev–Trinajstić information content (AvgIpc) is 3.06. The van der Waals surface area contributed by atoms with Gasteiger partial charge in [0.2, 0.25) is 0 Å². The van der Waals surface area contributed by atoms with E-state index >= 15 is 0 Å². The zero-order valence-electron chi connectivity index (χ0n) is 16.5. The van der Waals surface area contributed by atoms with E-state index in [-0.39, 0.29) is 5.91 Å². The van der Waals surface area contributed by atoms with Crippen LogP contribution in [0.15, 0.2) is 88.0 Å². The van der Waals surface area contributed by atoms with Crippen molar-refractivity contribution in [1.29, 1.82) is 0 Å². The largest absolute Gasteiger partial charge is 0.378 e. The number of benzene rings is 3. The summed E-state index contributed by atoms with van der Waals surface area (Å²) < 4.78 is 0.964. The molecule has 6 heteroatoms. The fraction of sp³-hybridized carbons (Fsp3) is 0.0833. The van der Waals surface area contributed by atoms with E-state index in [1.54, 1.807) is 17.0 Å². The van der Waals surface area contributed by atoms with Gasteiger partial charge in [0.1, 0.15) is 11.5 Å². The SMILES string of the molecule is CN(C)c1ccc(/C=C2/N=C(c3ccc(Br)cc3)N(c3ccc(Cl)cc3)C2=O)cc1. The minimum atomic E-state index is -0.174. The Morgan fingerprint density at radius 3 is 2.17 bits per heavy atom. The number of carbonyl (C=O) groups is 1. The van der Waals surface area contributed by atoms with Crippen molar-refractivity contribution in [3.8, 4) is 0 Å². The molecular weight excluding hydrogens is 462 g/mol. The predicted octanol–water partition coefficient (Wildman–Crippen LogP) is 6.00. The lowest BCUT2D eigenvalue weighted by Gasteiger charge is -2.18. The lowest BCUT2D eigenvalue weighted by Crippen LogP contribution is -2.32. The molecule has 0 saturated heterocycles. The van der Waals surface area contributed by atoms with Crippen molar-refractivity contribution >= 4 is 56.7 Å². The molecule has 1 heterocycles. The molecule has 1 aliphatic heterocycles. The Hall–Kier alpha value is -2.89. The Kier molecular flexibility index (Phi) is 5.75. The van der Waals surface area contributed by atoms with Gasteiger partial charge in [0, 0.05) is 34.8 Å². The number of hydrogen-bond acceptors (Lipinski definition) is 3. The Bertz CT molecular complexity index is 1130. The lowest BCUT2D eigenvalue weighted by atomic mass is 10.1. The number of amidine groups is 1. The van der Waals surface area contributed by atoms with Crippen LogP contribution in [0.2, 0.25) is 5.02 Å². The van der Waals surface area contributed by atoms with Gasteiger partial charge in [-0.3, -0.25) is 9.69 Å². The van der Waals surface area contributed by atoms with Gasteiger partial charge in [0.05, 0.1) is 5.69 Å². The van der Waals surface area contributed by atoms with E-state index in [1.165, 1.54) is 0 Å². The van der Waals surface area contributed by atoms with Gasteiger partial charge in [-0.15, -0.1) is 0 Å². The van der Waals surface area contributed by atoms with Gasteiger partial charge in [-0.05, 0) is 60.2 Å². The monoisotopic (exact) mass is 479 g/mol. The van der Waals surface area contributed by atoms with Gasteiger partial charge in [-0.25, -0.2) is 4.99 Å². The molecule has 0 fully saturated rings. The molecule has 30 heavy (non-hydrogen) atoms. The molecule has 0 radical (unpaired) electrons. The van der Waals surface area contributed by atoms with Crippen LogP contribution in [0, 0.1) is 0 Å². The molecule has 0 aliphatic carbocycles. The fourth-order valence-electron chi connectivity index (χ4n) is 3.17. The van der Waals surface area contributed by atoms with Crippen LogP contribution in [0.25, 0.3) is 6.08 Å². The molecule has 4 nitrogen and oxygen atoms in total. The molecule has 150 valence electrons. The quantitative estimate of drug-likeness (QED) is 0.429. The van der Waals surface area contributed by atoms with E-state index in [1.807, 2.05) is 85.7 Å². The third-order valence-electron chi connectivity index (χ3n) is 4.76. The van der Waals surface area contributed by atoms with Crippen LogP contribution in [0.4, 0.5) is 11.4 Å². The average molecular weight is 481 g/mol. The van der Waals surface area contributed by atoms with Crippen molar-refractivity contribution in [1.82, 2.24) is 0 Å². The van der Waals surface area contributed by atoms with Gasteiger partial charge < -0.3 is 4.90 Å². The highest BCUT2D eigenvalue weighted by Gasteiger charge is 2.32. The normalized spacial score (nSPS) is 14.9. The first-order valence-electron chi connectivity index (χ1n) is 9.36. The Morgan fingerprint density at radius 2 is 1.57 bits per heavy atom. The second kappa shape index (κ2) is 8.46. The molecule has 3 aromatic carbocycles. The minimum absolute atomic E-state index is 0.174. The van der Waals surface area contributed by atoms with E-state index < -0.39 is 0 Å². The van der Waals surface area contributed by atoms with Crippen molar-refractivity contribution in [3.63, 3.8) is 0 Å². The summed E-state index contributed by atoms with van der Waals surface area (Å²) >= 11 is 9.50. The third kappa shape index (κ3) is 4.18. The number of hydrogen-bond donors (Lipinski definition) is 0. The summed E-state index contributed by atoms with van der Waals surface area (Å²) in [7, 11) is 3.99. The number of aliphatic imine (C=N–C) groups is 1. The maximum Gasteiger partial charge on any atom is 0.282 e. The molecule has 1 amide bonds. The highest BCUT2D eigenvalue weighted by atomic mass is 79.9. The van der Waals surface area contributed by atoms with Crippen molar-refractivity contribution in [3.05, 3.63) is 99.1 Å². The van der Waals surface area contributed by atoms with Crippen LogP contribution in [0.3, 0.4) is 0 Å². The second-order valence-corrected chi connectivity index (χ2v) is 8.43. The number of carbonyl (C=O) groups excluding carboxylic acids is 1. The Morgan fingerprint density at radius 1 is 0.933 bits per heavy atom. The molecule has 0 saturated carbocycles. The fourth-order valence-corrected chi connectivity index (χ4v) is 3.56. The van der Waals surface area contributed by atoms with E-state index in [0.29, 0.717) is 16.6 Å². The summed E-state index contributed by atoms with van der Waals surface area (Å²) in [5.41, 5.74) is 3.98. The molecular formula is C24H19BrClN3O. The molecule has 0 unspecified atom stereocenters. The highest BCUT2D eigenvalue weighted by Crippen LogP contribution is 2.29. The Labute approximate surface area is 189 Å². The smallest absolute Gasteiger partial charge is 0.282 e. The summed E-state index contributed by atoms with van der Waals surface area (Å²) in [6, 6.07) is 22.9. The zero-order valence-corrected chi connectivity index (χ0v) is 18.9. The highest BCUT2D eigenvalue weighted by molar-refractivity contribution is 9.10. The van der Waals surface area contributed by atoms with Crippen LogP contribution >= 0.6 is 27.5 Å². The first-order valence-corrected chi connectivity index (χ1v) is 10.5. The molecule has 0 N–H and O–H groups in total. The van der Waals surface area contributed by atoms with Gasteiger partial charge in [-0.1, -0.05) is 51.8 Å². The molecule has 3 aromatic rings. The van der Waals surface area contributed by atoms with Crippen LogP contribution in [-0.4, -0.2) is 25.8 Å². The number of amides is 1. The molecule has 4 rings (SSSR count). The molecule has 1 aliphatic rings. The van der Waals surface area contributed by atoms with E-state index in [2.05, 4.69) is 15.9 Å². The van der Waals surface area contributed by atoms with Crippen molar-refractivity contribution < 1.29 is 4.79 Å². The van der Waals surface area contributed by atoms with Gasteiger partial charge >= 0.3 is 0 Å². The molecule has 0 bridgehead atoms. The maximum atomic E-state index is 13.3. The third-order valence-corrected chi connectivity index (χ3v) is 5.54. The summed E-state index contributed by atoms with van der Waals surface area (Å²) in [5.74, 6) is 0.415. The predicted molar refractivity (Wildman–Crippen MR) is 128 cm³/mol. The summed E-state index contributed by atoms with van der Waals surface area (Å²) in [4.78, 5) is 21.7. The van der Waals surface area contributed by atoms with Crippen LogP contribution in [0.1, 0.15) is 11.1 Å². The first-order chi connectivity index (χ1) is 14.4. The number of halogens is 2. The maximum absolute atomic E-state index is 13.3. The minimum Gasteiger partial charge on any atom is -0.378 e. The number of rotatable bonds is 4. The standard InChI is InChI=1S/C24H19BrClN3O/c1-28(2)20-11-3-16(4-12-20)15-22-24(30)29(21-13-9-19(26)10-14-21)23(27-22)17-5-7-18(25)8-6-17/h3-15H,1-2H3/b22-15+. The zero-order chi connectivity index (χ0) is 21.3. The van der Waals surface area contributed by atoms with Crippen LogP contribution in [0.5, 0.6) is 0 Å². The first kappa shape index (κ1) is 20.4. The van der Waals surface area contributed by atoms with Crippen LogP contribution < -0.4 is 9.80 Å². The lowest BCUT2D eigenvalue weighted by molar-refractivity contribution is -0.113. The molecule has 0 aromatic heterocycles. The molecule has 0 atom stereocenters. The summed E-state index contributed by atoms with van der Waals surface area (Å²) in [5, 5.41) is 0.615. The van der Waals surface area contributed by atoms with E-state index in [0.717, 1.165) is 27.0 Å². The van der Waals surface area contributed by atoms with Gasteiger partial charge in [-0.2, -0.15) is 0 Å². The van der Waals surface area contributed by atoms with E-state index in [9.17, 15) is 4.79 Å². The second-order valence-electron chi connectivity index (χ2n) is 7.07. The molecule has 0 spiro atoms. The number of anilines is 2. The topological polar surface area (TPSA) is 35.9 Å². The van der Waals surface area contributed by atoms with Crippen molar-refractivity contribution in [2.45, 2.75) is 0 Å². The Balaban J connectivity index is 1.77. The van der Waals surface area contributed by atoms with Gasteiger partial charge in [0.15, 0.2) is 0 Å². The summed E-state index contributed by atoms with van der Waals surface area (Å²) in [6.07, 6.45) is 1.82. The summed E-state index contributed by atoms with van der Waals surface area (Å²) in [6.45, 7) is 0. The van der Waals surface area contributed by atoms with Crippen LogP contribution in [-0.2, 0) is 4.79 Å². The van der Waals surface area contributed by atoms with Gasteiger partial charge in [0.25, 0.3) is 5.91 Å².